The van der Waals surface area contributed by atoms with E-state index in [-0.39, 0.29) is 10.0 Å². The number of ether oxygens (including phenoxy) is 4. The lowest BCUT2D eigenvalue weighted by Crippen LogP contribution is -2.61. The third kappa shape index (κ3) is 8.78. The minimum Gasteiger partial charge on any atom is -0.457 e. The first-order valence-corrected chi connectivity index (χ1v) is 13.2. The fraction of sp³-hybridized carbons (Fsp3) is 0.550. The van der Waals surface area contributed by atoms with Gasteiger partial charge in [-0.1, -0.05) is 0 Å². The number of nitro groups is 2. The largest absolute Gasteiger partial charge is 0.457 e. The highest BCUT2D eigenvalue weighted by atomic mass is 32.1. The lowest BCUT2D eigenvalue weighted by Gasteiger charge is -2.42. The quantitative estimate of drug-likeness (QED) is 0.0544. The summed E-state index contributed by atoms with van der Waals surface area (Å²) in [5.74, 6) is -0.870. The molecule has 3 heterocycles. The molecule has 0 spiro atoms. The van der Waals surface area contributed by atoms with E-state index in [1.165, 1.54) is 0 Å². The van der Waals surface area contributed by atoms with Crippen molar-refractivity contribution < 1.29 is 59.1 Å². The average Bonchev–Trinajstić information content (AvgIpc) is 3.62. The van der Waals surface area contributed by atoms with E-state index in [4.69, 9.17) is 18.9 Å². The first-order valence-electron chi connectivity index (χ1n) is 11.6. The van der Waals surface area contributed by atoms with Gasteiger partial charge in [0.1, 0.15) is 30.5 Å². The highest BCUT2D eigenvalue weighted by Gasteiger charge is 2.48. The van der Waals surface area contributed by atoms with Crippen molar-refractivity contribution in [3.05, 3.63) is 32.6 Å². The molecule has 1 aliphatic rings. The minimum atomic E-state index is -1.84. The summed E-state index contributed by atoms with van der Waals surface area (Å²) in [6.45, 7) is -0.621. The molecule has 0 amide bonds. The van der Waals surface area contributed by atoms with Crippen molar-refractivity contribution in [2.24, 2.45) is 9.98 Å². The molecule has 0 aliphatic carbocycles. The molecule has 42 heavy (non-hydrogen) atoms. The SMILES string of the molecule is CC(=O)O[C@H]1[C@H](O)[C@@H](O[C@H](C=Nc2cnc([N+](=O)[O-])s2)[C@H](CO)O[C@H](O)C=Nc2cnc([N+](=O)[O-])s2)O[C@@H](CO)[C@@H]1O. The molecule has 22 heteroatoms. The van der Waals surface area contributed by atoms with E-state index in [1.807, 2.05) is 0 Å². The van der Waals surface area contributed by atoms with Crippen LogP contribution in [0, 0.1) is 20.2 Å². The first-order chi connectivity index (χ1) is 19.9. The number of thiazole rings is 2. The van der Waals surface area contributed by atoms with Crippen molar-refractivity contribution in [1.82, 2.24) is 9.97 Å². The van der Waals surface area contributed by atoms with Gasteiger partial charge in [0, 0.05) is 13.1 Å². The average molecular weight is 637 g/mol. The smallest absolute Gasteiger partial charge is 0.425 e. The molecule has 0 saturated carbocycles. The van der Waals surface area contributed by atoms with Crippen LogP contribution in [0.1, 0.15) is 6.92 Å². The number of hydrogen-bond donors (Lipinski definition) is 5. The predicted molar refractivity (Wildman–Crippen MR) is 140 cm³/mol. The summed E-state index contributed by atoms with van der Waals surface area (Å²) in [6.07, 6.45) is -9.09. The van der Waals surface area contributed by atoms with Gasteiger partial charge in [-0.2, -0.15) is 0 Å². The van der Waals surface area contributed by atoms with Crippen molar-refractivity contribution in [1.29, 1.82) is 0 Å². The number of carbonyl (C=O) groups is 1. The zero-order chi connectivity index (χ0) is 31.0. The van der Waals surface area contributed by atoms with E-state index in [1.54, 1.807) is 0 Å². The number of hydrogen-bond acceptors (Lipinski definition) is 20. The lowest BCUT2D eigenvalue weighted by atomic mass is 9.99. The molecule has 0 aromatic carbocycles. The number of aliphatic imine (C=N–C) groups is 2. The number of aliphatic hydroxyl groups excluding tert-OH is 5. The molecule has 1 aliphatic heterocycles. The number of rotatable bonds is 14. The Labute approximate surface area is 242 Å². The van der Waals surface area contributed by atoms with Crippen molar-refractivity contribution in [3.63, 3.8) is 0 Å². The van der Waals surface area contributed by atoms with Crippen molar-refractivity contribution in [2.45, 2.75) is 56.1 Å². The Bertz CT molecular complexity index is 1290. The number of aromatic nitrogens is 2. The number of aliphatic hydroxyl groups is 5. The molecule has 0 bridgehead atoms. The Hall–Kier alpha value is -3.45. The number of esters is 1. The van der Waals surface area contributed by atoms with Crippen LogP contribution in [0.15, 0.2) is 22.4 Å². The summed E-state index contributed by atoms with van der Waals surface area (Å²) < 4.78 is 21.4. The molecule has 1 fully saturated rings. The maximum Gasteiger partial charge on any atom is 0.425 e. The Kier molecular flexibility index (Phi) is 11.9. The van der Waals surface area contributed by atoms with Crippen LogP contribution in [0.5, 0.6) is 0 Å². The van der Waals surface area contributed by atoms with Gasteiger partial charge in [-0.05, 0) is 42.5 Å². The normalized spacial score (nSPS) is 25.0. The van der Waals surface area contributed by atoms with E-state index in [2.05, 4.69) is 20.0 Å². The fourth-order valence-electron chi connectivity index (χ4n) is 3.39. The van der Waals surface area contributed by atoms with Crippen molar-refractivity contribution in [3.8, 4) is 0 Å². The topological polar surface area (TPSA) is 292 Å². The van der Waals surface area contributed by atoms with Crippen LogP contribution in [-0.2, 0) is 23.7 Å². The Morgan fingerprint density at radius 2 is 1.67 bits per heavy atom. The Morgan fingerprint density at radius 1 is 1.10 bits per heavy atom. The maximum absolute atomic E-state index is 11.5. The van der Waals surface area contributed by atoms with Gasteiger partial charge in [-0.3, -0.25) is 4.79 Å². The standard InChI is InChI=1S/C20H24N6O14S2/c1-8(29)37-17-15(31)11(7-28)40-18(16(17)32)39-9(2-21-12-3-23-19(41-12)25(33)34)10(6-27)38-14(30)5-22-13-4-24-20(42-13)26(35)36/h2-5,9-11,14-18,27-28,30-32H,6-7H2,1H3/t9-,10+,11+,14+,15+,16+,17-,18+/m1/s1. The van der Waals surface area contributed by atoms with Gasteiger partial charge in [0.15, 0.2) is 41.1 Å². The minimum absolute atomic E-state index is 0.0208. The highest BCUT2D eigenvalue weighted by molar-refractivity contribution is 7.18. The van der Waals surface area contributed by atoms with E-state index in [0.29, 0.717) is 22.7 Å². The summed E-state index contributed by atoms with van der Waals surface area (Å²) >= 11 is 1.20. The molecular weight excluding hydrogens is 612 g/mol. The van der Waals surface area contributed by atoms with Crippen molar-refractivity contribution >= 4 is 61.3 Å². The van der Waals surface area contributed by atoms with Crippen LogP contribution in [0.25, 0.3) is 0 Å². The summed E-state index contributed by atoms with van der Waals surface area (Å²) in [5.41, 5.74) is 0. The van der Waals surface area contributed by atoms with Gasteiger partial charge in [0.2, 0.25) is 0 Å². The third-order valence-corrected chi connectivity index (χ3v) is 6.94. The van der Waals surface area contributed by atoms with Gasteiger partial charge >= 0.3 is 16.2 Å². The second kappa shape index (κ2) is 15.1. The van der Waals surface area contributed by atoms with Gasteiger partial charge in [-0.25, -0.2) is 9.98 Å². The molecule has 8 atom stereocenters. The zero-order valence-electron chi connectivity index (χ0n) is 21.3. The van der Waals surface area contributed by atoms with E-state index in [0.717, 1.165) is 31.7 Å². The van der Waals surface area contributed by atoms with Gasteiger partial charge in [0.05, 0.1) is 19.4 Å². The van der Waals surface area contributed by atoms with Crippen LogP contribution in [-0.4, -0.2) is 126 Å². The molecule has 0 radical (unpaired) electrons. The van der Waals surface area contributed by atoms with Crippen LogP contribution in [0.2, 0.25) is 0 Å². The third-order valence-electron chi connectivity index (χ3n) is 5.23. The van der Waals surface area contributed by atoms with Crippen LogP contribution in [0.4, 0.5) is 20.3 Å². The zero-order valence-corrected chi connectivity index (χ0v) is 22.9. The summed E-state index contributed by atoms with van der Waals surface area (Å²) in [6, 6.07) is 0. The predicted octanol–water partition coefficient (Wildman–Crippen LogP) is -1.03. The van der Waals surface area contributed by atoms with Gasteiger partial charge in [-0.15, -0.1) is 0 Å². The second-order valence-electron chi connectivity index (χ2n) is 8.16. The molecule has 1 saturated heterocycles. The van der Waals surface area contributed by atoms with Gasteiger partial charge in [0.25, 0.3) is 0 Å². The van der Waals surface area contributed by atoms with Crippen LogP contribution in [0.3, 0.4) is 0 Å². The summed E-state index contributed by atoms with van der Waals surface area (Å²) in [4.78, 5) is 46.7. The Balaban J connectivity index is 1.85. The molecule has 230 valence electrons. The number of nitrogens with zero attached hydrogens (tertiary/aromatic N) is 6. The monoisotopic (exact) mass is 636 g/mol. The highest BCUT2D eigenvalue weighted by Crippen LogP contribution is 2.30. The molecule has 2 aromatic rings. The first kappa shape index (κ1) is 33.1. The maximum atomic E-state index is 11.5. The van der Waals surface area contributed by atoms with Crippen LogP contribution < -0.4 is 0 Å². The molecule has 20 nitrogen and oxygen atoms in total. The van der Waals surface area contributed by atoms with Crippen LogP contribution >= 0.6 is 22.7 Å². The van der Waals surface area contributed by atoms with E-state index < -0.39 is 88.5 Å². The van der Waals surface area contributed by atoms with E-state index in [9.17, 15) is 50.6 Å². The molecule has 2 aromatic heterocycles. The molecular formula is C20H24N6O14S2. The number of carbonyl (C=O) groups excluding carboxylic acids is 1. The summed E-state index contributed by atoms with van der Waals surface area (Å²) in [7, 11) is 0. The Morgan fingerprint density at radius 3 is 2.14 bits per heavy atom. The second-order valence-corrected chi connectivity index (χ2v) is 10.1. The van der Waals surface area contributed by atoms with Crippen molar-refractivity contribution in [2.75, 3.05) is 13.2 Å². The molecule has 5 N–H and O–H groups in total. The molecule has 3 rings (SSSR count). The molecule has 0 unspecified atom stereocenters. The van der Waals surface area contributed by atoms with Gasteiger partial charge < -0.3 is 64.7 Å². The summed E-state index contributed by atoms with van der Waals surface area (Å²) in [5, 5.41) is 71.9. The van der Waals surface area contributed by atoms with E-state index >= 15 is 0 Å². The lowest BCUT2D eigenvalue weighted by molar-refractivity contribution is -0.384. The fourth-order valence-corrected chi connectivity index (χ4v) is 4.57.